The van der Waals surface area contributed by atoms with Gasteiger partial charge in [0, 0.05) is 22.8 Å². The number of H-pyrrole nitrogens is 1. The van der Waals surface area contributed by atoms with Crippen molar-refractivity contribution in [3.63, 3.8) is 0 Å². The summed E-state index contributed by atoms with van der Waals surface area (Å²) in [4.78, 5) is 19.3. The summed E-state index contributed by atoms with van der Waals surface area (Å²) in [6.07, 6.45) is 3.91. The molecule has 28 heavy (non-hydrogen) atoms. The molecule has 0 bridgehead atoms. The quantitative estimate of drug-likeness (QED) is 0.241. The van der Waals surface area contributed by atoms with Crippen LogP contribution in [0.25, 0.3) is 10.9 Å². The lowest BCUT2D eigenvalue weighted by atomic mass is 10.2. The van der Waals surface area contributed by atoms with Gasteiger partial charge in [0.1, 0.15) is 29.7 Å². The van der Waals surface area contributed by atoms with Crippen LogP contribution in [0.15, 0.2) is 66.2 Å². The van der Waals surface area contributed by atoms with E-state index in [4.69, 9.17) is 15.9 Å². The maximum atomic E-state index is 7.01. The number of hydrogen-bond acceptors (Lipinski definition) is 7. The Kier molecular flexibility index (Phi) is 4.62. The third kappa shape index (κ3) is 3.78. The van der Waals surface area contributed by atoms with Crippen molar-refractivity contribution in [2.75, 3.05) is 11.1 Å². The average Bonchev–Trinajstić information content (AvgIpc) is 2.70. The maximum absolute atomic E-state index is 7.01. The Labute approximate surface area is 159 Å². The molecule has 2 aromatic heterocycles. The van der Waals surface area contributed by atoms with Gasteiger partial charge in [0.25, 0.3) is 0 Å². The van der Waals surface area contributed by atoms with Crippen LogP contribution in [-0.4, -0.2) is 26.3 Å². The van der Waals surface area contributed by atoms with Crippen LogP contribution in [0.1, 0.15) is 0 Å². The van der Waals surface area contributed by atoms with Crippen molar-refractivity contribution in [1.29, 1.82) is 5.41 Å². The van der Waals surface area contributed by atoms with Crippen LogP contribution in [0.2, 0.25) is 0 Å². The summed E-state index contributed by atoms with van der Waals surface area (Å²) >= 11 is 0. The molecule has 0 saturated heterocycles. The first kappa shape index (κ1) is 17.2. The zero-order valence-corrected chi connectivity index (χ0v) is 14.6. The third-order valence-corrected chi connectivity index (χ3v) is 3.87. The maximum Gasteiger partial charge on any atom is 0.224 e. The van der Waals surface area contributed by atoms with Crippen molar-refractivity contribution in [2.45, 2.75) is 0 Å². The lowest BCUT2D eigenvalue weighted by Crippen LogP contribution is -2.07. The van der Waals surface area contributed by atoms with Gasteiger partial charge >= 0.3 is 0 Å². The summed E-state index contributed by atoms with van der Waals surface area (Å²) in [5.74, 6) is 1.66. The third-order valence-electron chi connectivity index (χ3n) is 3.87. The highest BCUT2D eigenvalue weighted by Crippen LogP contribution is 2.26. The number of anilines is 3. The molecule has 2 aromatic carbocycles. The van der Waals surface area contributed by atoms with Gasteiger partial charge in [-0.15, -0.1) is 0 Å². The van der Waals surface area contributed by atoms with Crippen molar-refractivity contribution in [1.82, 2.24) is 19.9 Å². The molecule has 0 radical (unpaired) electrons. The van der Waals surface area contributed by atoms with Gasteiger partial charge in [-0.2, -0.15) is 0 Å². The van der Waals surface area contributed by atoms with E-state index in [0.29, 0.717) is 28.6 Å². The Morgan fingerprint density at radius 1 is 1.07 bits per heavy atom. The highest BCUT2D eigenvalue weighted by molar-refractivity contribution is 5.92. The minimum Gasteiger partial charge on any atom is -0.439 e. The fourth-order valence-electron chi connectivity index (χ4n) is 2.60. The summed E-state index contributed by atoms with van der Waals surface area (Å²) in [6, 6.07) is 14.5. The second-order valence-electron chi connectivity index (χ2n) is 5.78. The molecule has 0 aliphatic heterocycles. The van der Waals surface area contributed by atoms with Gasteiger partial charge in [0.05, 0.1) is 11.8 Å². The van der Waals surface area contributed by atoms with E-state index >= 15 is 0 Å². The fourth-order valence-corrected chi connectivity index (χ4v) is 2.60. The molecule has 0 aliphatic rings. The Hall–Kier alpha value is -4.27. The number of fused-ring (bicyclic) bond motifs is 1. The summed E-state index contributed by atoms with van der Waals surface area (Å²) in [6.45, 7) is 0. The van der Waals surface area contributed by atoms with Crippen molar-refractivity contribution in [3.05, 3.63) is 66.7 Å². The van der Waals surface area contributed by atoms with Gasteiger partial charge in [-0.25, -0.2) is 19.9 Å². The normalized spacial score (nSPS) is 11.4. The highest BCUT2D eigenvalue weighted by atomic mass is 16.5. The van der Waals surface area contributed by atoms with E-state index in [-0.39, 0.29) is 0 Å². The van der Waals surface area contributed by atoms with Gasteiger partial charge in [-0.3, -0.25) is 5.41 Å². The number of aromatic amines is 1. The smallest absolute Gasteiger partial charge is 0.224 e. The van der Waals surface area contributed by atoms with Gasteiger partial charge in [-0.1, -0.05) is 0 Å². The summed E-state index contributed by atoms with van der Waals surface area (Å²) < 4.78 is 5.72. The second-order valence-corrected chi connectivity index (χ2v) is 5.78. The molecule has 0 aliphatic carbocycles. The molecular formula is C19H16N8O. The van der Waals surface area contributed by atoms with E-state index in [2.05, 4.69) is 30.2 Å². The van der Waals surface area contributed by atoms with Crippen LogP contribution in [0.5, 0.6) is 11.6 Å². The molecule has 138 valence electrons. The Bertz CT molecular complexity index is 1200. The van der Waals surface area contributed by atoms with Crippen molar-refractivity contribution in [3.8, 4) is 11.6 Å². The highest BCUT2D eigenvalue weighted by Gasteiger charge is 2.05. The minimum atomic E-state index is 0.373. The first-order chi connectivity index (χ1) is 13.7. The standard InChI is InChI=1S/C19H16N8O/c20-9-22-17-8-18(25-11-24-17)28-14-4-2-13(3-5-14)27-19-15-7-12(21)1-6-16(15)23-10-26-19/h1-11H,21H2,(H,23,26,27)(H2,20,22,24,25). The number of ether oxygens (including phenoxy) is 1. The van der Waals surface area contributed by atoms with E-state index in [1.54, 1.807) is 12.1 Å². The predicted molar refractivity (Wildman–Crippen MR) is 107 cm³/mol. The molecule has 9 nitrogen and oxygen atoms in total. The Morgan fingerprint density at radius 3 is 2.75 bits per heavy atom. The molecule has 9 heteroatoms. The van der Waals surface area contributed by atoms with Gasteiger partial charge in [-0.05, 0) is 42.5 Å². The van der Waals surface area contributed by atoms with E-state index < -0.39 is 0 Å². The van der Waals surface area contributed by atoms with E-state index in [1.807, 2.05) is 36.4 Å². The Balaban J connectivity index is 1.54. The fraction of sp³-hybridized carbons (Fsp3) is 0. The monoisotopic (exact) mass is 372 g/mol. The molecule has 0 saturated carbocycles. The zero-order chi connectivity index (χ0) is 19.3. The number of aromatic nitrogens is 4. The van der Waals surface area contributed by atoms with Crippen LogP contribution < -0.4 is 21.3 Å². The van der Waals surface area contributed by atoms with Crippen LogP contribution in [0, 0.1) is 5.41 Å². The van der Waals surface area contributed by atoms with E-state index in [9.17, 15) is 0 Å². The number of hydrogen-bond donors (Lipinski definition) is 4. The molecule has 2 heterocycles. The molecule has 0 spiro atoms. The largest absolute Gasteiger partial charge is 0.439 e. The van der Waals surface area contributed by atoms with Crippen LogP contribution >= 0.6 is 0 Å². The molecule has 4 rings (SSSR count). The molecule has 0 fully saturated rings. The minimum absolute atomic E-state index is 0.373. The first-order valence-corrected chi connectivity index (χ1v) is 8.34. The lowest BCUT2D eigenvalue weighted by molar-refractivity contribution is 0.460. The average molecular weight is 372 g/mol. The number of nitrogen functional groups attached to an aromatic ring is 1. The predicted octanol–water partition coefficient (Wildman–Crippen LogP) is 2.98. The molecule has 0 atom stereocenters. The first-order valence-electron chi connectivity index (χ1n) is 8.34. The molecule has 5 N–H and O–H groups in total. The number of benzene rings is 2. The lowest BCUT2D eigenvalue weighted by Gasteiger charge is -2.10. The van der Waals surface area contributed by atoms with Crippen LogP contribution in [0.3, 0.4) is 0 Å². The molecule has 4 aromatic rings. The molecule has 0 unspecified atom stereocenters. The Morgan fingerprint density at radius 2 is 1.93 bits per heavy atom. The van der Waals surface area contributed by atoms with Crippen LogP contribution in [0.4, 0.5) is 17.2 Å². The number of nitrogens with one attached hydrogen (secondary N) is 3. The van der Waals surface area contributed by atoms with Gasteiger partial charge < -0.3 is 20.8 Å². The van der Waals surface area contributed by atoms with Gasteiger partial charge in [0.2, 0.25) is 5.88 Å². The zero-order valence-electron chi connectivity index (χ0n) is 14.6. The number of rotatable bonds is 5. The number of nitrogens with two attached hydrogens (primary N) is 1. The van der Waals surface area contributed by atoms with Crippen molar-refractivity contribution in [2.24, 2.45) is 4.99 Å². The molecule has 0 amide bonds. The van der Waals surface area contributed by atoms with Crippen LogP contribution in [-0.2, 0) is 0 Å². The topological polar surface area (TPSA) is 138 Å². The SMILES string of the molecule is N=C/N=c1/cc(Oc2ccc(Nc3ncnc4ccc(N)cc34)cc2)nc[nH]1. The second kappa shape index (κ2) is 7.54. The summed E-state index contributed by atoms with van der Waals surface area (Å²) in [5, 5.41) is 11.1. The summed E-state index contributed by atoms with van der Waals surface area (Å²) in [5.41, 5.74) is 8.66. The van der Waals surface area contributed by atoms with E-state index in [1.165, 1.54) is 12.7 Å². The van der Waals surface area contributed by atoms with Gasteiger partial charge in [0.15, 0.2) is 0 Å². The number of nitrogens with zero attached hydrogens (tertiary/aromatic N) is 4. The van der Waals surface area contributed by atoms with E-state index in [0.717, 1.165) is 22.9 Å². The molecular weight excluding hydrogens is 356 g/mol. The summed E-state index contributed by atoms with van der Waals surface area (Å²) in [7, 11) is 0. The van der Waals surface area contributed by atoms with Crippen molar-refractivity contribution >= 4 is 34.4 Å². The van der Waals surface area contributed by atoms with Crippen molar-refractivity contribution < 1.29 is 4.74 Å².